The molecule has 0 fully saturated rings. The molecule has 0 rings (SSSR count). The van der Waals surface area contributed by atoms with E-state index >= 15 is 0 Å². The molecule has 0 atom stereocenters. The molecular weight excluding hydrogens is 152 g/mol. The van der Waals surface area contributed by atoms with Crippen molar-refractivity contribution in [3.8, 4) is 12.1 Å². The average Bonchev–Trinajstić information content (AvgIpc) is 2.12. The zero-order chi connectivity index (χ0) is 9.66. The molecule has 0 amide bonds. The number of rotatable bonds is 4. The largest absolute Gasteiger partial charge is 0.303 e. The molecule has 3 heteroatoms. The topological polar surface area (TPSA) is 64.7 Å². The van der Waals surface area contributed by atoms with Crippen molar-refractivity contribution in [2.45, 2.75) is 25.7 Å². The first kappa shape index (κ1) is 13.0. The van der Waals surface area contributed by atoms with Gasteiger partial charge in [0.15, 0.2) is 0 Å². The quantitative estimate of drug-likeness (QED) is 0.362. The van der Waals surface area contributed by atoms with Crippen LogP contribution in [0, 0.1) is 22.7 Å². The molecule has 0 saturated heterocycles. The Labute approximate surface area is 72.9 Å². The van der Waals surface area contributed by atoms with Crippen LogP contribution in [0.3, 0.4) is 0 Å². The van der Waals surface area contributed by atoms with E-state index in [2.05, 4.69) is 6.58 Å². The molecule has 0 aliphatic heterocycles. The van der Waals surface area contributed by atoms with Crippen molar-refractivity contribution in [2.24, 2.45) is 0 Å². The Morgan fingerprint density at radius 3 is 1.83 bits per heavy atom. The second kappa shape index (κ2) is 16.2. The summed E-state index contributed by atoms with van der Waals surface area (Å²) >= 11 is 0. The normalized spacial score (nSPS) is 6.50. The Hall–Kier alpha value is -1.61. The summed E-state index contributed by atoms with van der Waals surface area (Å²) in [6.45, 7) is 3.45. The lowest BCUT2D eigenvalue weighted by Crippen LogP contribution is -1.67. The minimum atomic E-state index is 0.351. The Morgan fingerprint density at radius 2 is 1.67 bits per heavy atom. The van der Waals surface area contributed by atoms with Gasteiger partial charge in [-0.25, -0.2) is 0 Å². The summed E-state index contributed by atoms with van der Waals surface area (Å²) in [5, 5.41) is 15.7. The van der Waals surface area contributed by atoms with Gasteiger partial charge in [-0.2, -0.15) is 10.5 Å². The predicted octanol–water partition coefficient (Wildman–Crippen LogP) is 1.97. The molecule has 3 nitrogen and oxygen atoms in total. The van der Waals surface area contributed by atoms with Gasteiger partial charge >= 0.3 is 0 Å². The number of nitriles is 2. The van der Waals surface area contributed by atoms with E-state index in [4.69, 9.17) is 10.5 Å². The average molecular weight is 164 g/mol. The maximum Gasteiger partial charge on any atom is 0.121 e. The van der Waals surface area contributed by atoms with Crippen LogP contribution in [-0.4, -0.2) is 6.29 Å². The fourth-order valence-corrected chi connectivity index (χ4v) is 0.290. The molecule has 0 aromatic rings. The standard InChI is InChI=1S/C5H7N.C4H5NO/c1-2-3-4-5-6;5-3-1-2-4-6/h2H,1,3-4H2;4H,1-2H2. The van der Waals surface area contributed by atoms with Crippen molar-refractivity contribution < 1.29 is 4.79 Å². The Bertz CT molecular complexity index is 164. The van der Waals surface area contributed by atoms with Crippen molar-refractivity contribution in [3.63, 3.8) is 0 Å². The van der Waals surface area contributed by atoms with E-state index in [1.807, 2.05) is 12.1 Å². The maximum atomic E-state index is 9.41. The Balaban J connectivity index is 0. The van der Waals surface area contributed by atoms with Gasteiger partial charge in [0, 0.05) is 19.3 Å². The maximum absolute atomic E-state index is 9.41. The Morgan fingerprint density at radius 1 is 1.17 bits per heavy atom. The second-order valence-electron chi connectivity index (χ2n) is 1.85. The van der Waals surface area contributed by atoms with Gasteiger partial charge in [0.2, 0.25) is 0 Å². The summed E-state index contributed by atoms with van der Waals surface area (Å²) in [5.74, 6) is 0. The van der Waals surface area contributed by atoms with E-state index in [-0.39, 0.29) is 0 Å². The molecule has 0 bridgehead atoms. The van der Waals surface area contributed by atoms with Gasteiger partial charge in [-0.1, -0.05) is 6.08 Å². The van der Waals surface area contributed by atoms with E-state index in [1.54, 1.807) is 6.08 Å². The summed E-state index contributed by atoms with van der Waals surface area (Å²) in [6, 6.07) is 3.83. The lowest BCUT2D eigenvalue weighted by Gasteiger charge is -1.70. The van der Waals surface area contributed by atoms with E-state index in [0.29, 0.717) is 19.3 Å². The van der Waals surface area contributed by atoms with Crippen molar-refractivity contribution in [2.75, 3.05) is 0 Å². The van der Waals surface area contributed by atoms with Gasteiger partial charge in [-0.3, -0.25) is 0 Å². The molecule has 0 aromatic carbocycles. The van der Waals surface area contributed by atoms with Crippen LogP contribution in [0.5, 0.6) is 0 Å². The first-order chi connectivity index (χ1) is 5.83. The molecule has 0 aromatic heterocycles. The molecule has 0 aliphatic rings. The van der Waals surface area contributed by atoms with E-state index < -0.39 is 0 Å². The third-order valence-corrected chi connectivity index (χ3v) is 0.834. The highest BCUT2D eigenvalue weighted by molar-refractivity contribution is 5.49. The number of aldehydes is 1. The molecule has 0 N–H and O–H groups in total. The van der Waals surface area contributed by atoms with Crippen molar-refractivity contribution in [1.29, 1.82) is 10.5 Å². The lowest BCUT2D eigenvalue weighted by molar-refractivity contribution is -0.107. The predicted molar refractivity (Wildman–Crippen MR) is 46.0 cm³/mol. The van der Waals surface area contributed by atoms with Crippen LogP contribution in [0.4, 0.5) is 0 Å². The number of allylic oxidation sites excluding steroid dienone is 1. The van der Waals surface area contributed by atoms with E-state index in [0.717, 1.165) is 12.7 Å². The first-order valence-corrected chi connectivity index (χ1v) is 3.61. The van der Waals surface area contributed by atoms with Crippen LogP contribution in [0.15, 0.2) is 12.7 Å². The molecule has 0 radical (unpaired) electrons. The number of hydrogen-bond acceptors (Lipinski definition) is 3. The van der Waals surface area contributed by atoms with Gasteiger partial charge in [-0.15, -0.1) is 6.58 Å². The lowest BCUT2D eigenvalue weighted by atomic mass is 10.3. The van der Waals surface area contributed by atoms with Crippen molar-refractivity contribution in [1.82, 2.24) is 0 Å². The smallest absolute Gasteiger partial charge is 0.121 e. The van der Waals surface area contributed by atoms with Gasteiger partial charge in [0.25, 0.3) is 0 Å². The van der Waals surface area contributed by atoms with E-state index in [1.165, 1.54) is 0 Å². The fourth-order valence-electron chi connectivity index (χ4n) is 0.290. The van der Waals surface area contributed by atoms with Crippen LogP contribution in [0.1, 0.15) is 25.7 Å². The second-order valence-corrected chi connectivity index (χ2v) is 1.85. The van der Waals surface area contributed by atoms with Crippen LogP contribution >= 0.6 is 0 Å². The monoisotopic (exact) mass is 164 g/mol. The van der Waals surface area contributed by atoms with E-state index in [9.17, 15) is 4.79 Å². The summed E-state index contributed by atoms with van der Waals surface area (Å²) in [4.78, 5) is 9.41. The molecular formula is C9H12N2O. The SMILES string of the molecule is C=CCCC#N.N#CCCC=O. The number of hydrogen-bond donors (Lipinski definition) is 0. The zero-order valence-electron chi connectivity index (χ0n) is 6.99. The highest BCUT2D eigenvalue weighted by Gasteiger charge is 1.73. The molecule has 0 aliphatic carbocycles. The summed E-state index contributed by atoms with van der Waals surface area (Å²) in [5.41, 5.74) is 0. The zero-order valence-corrected chi connectivity index (χ0v) is 6.99. The third-order valence-electron chi connectivity index (χ3n) is 0.834. The minimum absolute atomic E-state index is 0.351. The Kier molecular flexibility index (Phi) is 17.6. The van der Waals surface area contributed by atoms with Crippen molar-refractivity contribution in [3.05, 3.63) is 12.7 Å². The molecule has 0 spiro atoms. The number of carbonyl (C=O) groups is 1. The minimum Gasteiger partial charge on any atom is -0.303 e. The van der Waals surface area contributed by atoms with Crippen LogP contribution in [-0.2, 0) is 4.79 Å². The van der Waals surface area contributed by atoms with Crippen LogP contribution in [0.2, 0.25) is 0 Å². The van der Waals surface area contributed by atoms with Gasteiger partial charge in [0.1, 0.15) is 6.29 Å². The number of carbonyl (C=O) groups excluding carboxylic acids is 1. The molecule has 0 unspecified atom stereocenters. The third kappa shape index (κ3) is 23.8. The van der Waals surface area contributed by atoms with Gasteiger partial charge < -0.3 is 4.79 Å². The summed E-state index contributed by atoms with van der Waals surface area (Å²) < 4.78 is 0. The molecule has 0 saturated carbocycles. The number of nitrogens with zero attached hydrogens (tertiary/aromatic N) is 2. The summed E-state index contributed by atoms with van der Waals surface area (Å²) in [7, 11) is 0. The molecule has 12 heavy (non-hydrogen) atoms. The fraction of sp³-hybridized carbons (Fsp3) is 0.444. The van der Waals surface area contributed by atoms with Gasteiger partial charge in [-0.05, 0) is 6.42 Å². The highest BCUT2D eigenvalue weighted by atomic mass is 16.1. The molecule has 64 valence electrons. The number of unbranched alkanes of at least 4 members (excludes halogenated alkanes) is 2. The van der Waals surface area contributed by atoms with Crippen molar-refractivity contribution >= 4 is 6.29 Å². The van der Waals surface area contributed by atoms with Gasteiger partial charge in [0.05, 0.1) is 12.1 Å². The highest BCUT2D eigenvalue weighted by Crippen LogP contribution is 1.82. The van der Waals surface area contributed by atoms with Crippen LogP contribution in [0.25, 0.3) is 0 Å². The molecule has 0 heterocycles. The summed E-state index contributed by atoms with van der Waals surface area (Å²) in [6.07, 6.45) is 4.62. The van der Waals surface area contributed by atoms with Crippen LogP contribution < -0.4 is 0 Å². The first-order valence-electron chi connectivity index (χ1n) is 3.61.